The number of fused-ring (bicyclic) bond motifs is 1. The summed E-state index contributed by atoms with van der Waals surface area (Å²) in [5, 5.41) is -0.0763. The largest absolute Gasteiger partial charge is 0.486 e. The molecular weight excluding hydrogens is 418 g/mol. The first-order valence-electron chi connectivity index (χ1n) is 10.2. The highest BCUT2D eigenvalue weighted by molar-refractivity contribution is 7.91. The molecular formula is C22H23N3O5S. The van der Waals surface area contributed by atoms with Crippen LogP contribution in [0.15, 0.2) is 62.9 Å². The van der Waals surface area contributed by atoms with Crippen LogP contribution in [0.5, 0.6) is 11.5 Å². The maximum Gasteiger partial charge on any atom is 0.236 e. The predicted octanol–water partition coefficient (Wildman–Crippen LogP) is 2.70. The molecule has 2 aliphatic rings. The van der Waals surface area contributed by atoms with E-state index in [9.17, 15) is 8.42 Å². The number of sulfone groups is 1. The Hall–Kier alpha value is -3.04. The molecule has 2 aliphatic heterocycles. The topological polar surface area (TPSA) is 85.1 Å². The fraction of sp³-hybridized carbons (Fsp3) is 0.318. The van der Waals surface area contributed by atoms with Crippen molar-refractivity contribution >= 4 is 15.7 Å². The molecule has 0 N–H and O–H groups in total. The Morgan fingerprint density at radius 2 is 1.61 bits per heavy atom. The van der Waals surface area contributed by atoms with Gasteiger partial charge < -0.3 is 23.7 Å². The van der Waals surface area contributed by atoms with Crippen molar-refractivity contribution in [3.05, 3.63) is 48.5 Å². The highest BCUT2D eigenvalue weighted by atomic mass is 32.2. The lowest BCUT2D eigenvalue weighted by Gasteiger charge is -2.32. The number of hydrogen-bond acceptors (Lipinski definition) is 8. The van der Waals surface area contributed by atoms with Crippen molar-refractivity contribution in [1.82, 2.24) is 9.88 Å². The fourth-order valence-corrected chi connectivity index (χ4v) is 5.03. The number of rotatable bonds is 4. The molecule has 1 saturated heterocycles. The molecule has 0 spiro atoms. The van der Waals surface area contributed by atoms with Gasteiger partial charge >= 0.3 is 0 Å². The van der Waals surface area contributed by atoms with E-state index in [1.165, 1.54) is 12.1 Å². The van der Waals surface area contributed by atoms with Crippen molar-refractivity contribution in [2.45, 2.75) is 9.92 Å². The number of nitrogens with zero attached hydrogens (tertiary/aromatic N) is 3. The third-order valence-corrected chi connectivity index (χ3v) is 7.12. The number of piperazine rings is 1. The van der Waals surface area contributed by atoms with E-state index in [0.717, 1.165) is 18.7 Å². The molecule has 0 saturated carbocycles. The van der Waals surface area contributed by atoms with E-state index in [1.54, 1.807) is 6.07 Å². The van der Waals surface area contributed by atoms with Gasteiger partial charge in [-0.3, -0.25) is 0 Å². The monoisotopic (exact) mass is 441 g/mol. The van der Waals surface area contributed by atoms with Crippen LogP contribution < -0.4 is 14.4 Å². The van der Waals surface area contributed by atoms with Crippen LogP contribution in [-0.2, 0) is 9.84 Å². The number of likely N-dealkylation sites (N-methyl/N-ethyl adjacent to an activating group) is 1. The highest BCUT2D eigenvalue weighted by Gasteiger charge is 2.33. The normalized spacial score (nSPS) is 17.0. The van der Waals surface area contributed by atoms with Crippen LogP contribution in [0.1, 0.15) is 0 Å². The van der Waals surface area contributed by atoms with Gasteiger partial charge in [0, 0.05) is 37.8 Å². The van der Waals surface area contributed by atoms with Gasteiger partial charge in [0.1, 0.15) is 13.2 Å². The van der Waals surface area contributed by atoms with Crippen LogP contribution in [0.3, 0.4) is 0 Å². The molecule has 0 radical (unpaired) electrons. The van der Waals surface area contributed by atoms with E-state index < -0.39 is 9.84 Å². The molecule has 0 amide bonds. The van der Waals surface area contributed by atoms with Crippen LogP contribution in [0.2, 0.25) is 0 Å². The van der Waals surface area contributed by atoms with Crippen molar-refractivity contribution < 1.29 is 22.3 Å². The average Bonchev–Trinajstić information content (AvgIpc) is 3.26. The molecule has 2 aromatic carbocycles. The maximum absolute atomic E-state index is 13.6. The van der Waals surface area contributed by atoms with Gasteiger partial charge in [0.05, 0.1) is 4.90 Å². The van der Waals surface area contributed by atoms with Gasteiger partial charge in [0.25, 0.3) is 0 Å². The molecule has 0 bridgehead atoms. The van der Waals surface area contributed by atoms with Gasteiger partial charge in [0.15, 0.2) is 11.5 Å². The van der Waals surface area contributed by atoms with Crippen LogP contribution >= 0.6 is 0 Å². The van der Waals surface area contributed by atoms with Crippen LogP contribution in [0.25, 0.3) is 11.5 Å². The first kappa shape index (κ1) is 19.9. The zero-order valence-electron chi connectivity index (χ0n) is 17.2. The van der Waals surface area contributed by atoms with E-state index in [2.05, 4.69) is 9.88 Å². The molecule has 5 rings (SSSR count). The fourth-order valence-electron chi connectivity index (χ4n) is 3.69. The standard InChI is InChI=1S/C22H23N3O5S/c1-24-9-11-25(12-10-24)22-21(23-20(30-22)16-5-3-2-4-6-16)31(26,27)17-7-8-18-19(15-17)29-14-13-28-18/h2-8,15H,9-14H2,1H3. The van der Waals surface area contributed by atoms with E-state index in [1.807, 2.05) is 42.3 Å². The summed E-state index contributed by atoms with van der Waals surface area (Å²) in [6.07, 6.45) is 0. The van der Waals surface area contributed by atoms with Gasteiger partial charge in [-0.1, -0.05) is 18.2 Å². The second-order valence-electron chi connectivity index (χ2n) is 7.59. The van der Waals surface area contributed by atoms with E-state index in [4.69, 9.17) is 13.9 Å². The Morgan fingerprint density at radius 1 is 0.903 bits per heavy atom. The summed E-state index contributed by atoms with van der Waals surface area (Å²) in [4.78, 5) is 8.69. The molecule has 3 aromatic rings. The Labute approximate surface area is 180 Å². The summed E-state index contributed by atoms with van der Waals surface area (Å²) in [5.74, 6) is 1.52. The first-order chi connectivity index (χ1) is 15.0. The smallest absolute Gasteiger partial charge is 0.236 e. The summed E-state index contributed by atoms with van der Waals surface area (Å²) in [5.41, 5.74) is 0.724. The SMILES string of the molecule is CN1CCN(c2oc(-c3ccccc3)nc2S(=O)(=O)c2ccc3c(c2)OCCO3)CC1. The summed E-state index contributed by atoms with van der Waals surface area (Å²) in [7, 11) is -1.91. The molecule has 0 unspecified atom stereocenters. The maximum atomic E-state index is 13.6. The minimum atomic E-state index is -3.95. The molecule has 0 atom stereocenters. The van der Waals surface area contributed by atoms with Crippen molar-refractivity contribution in [1.29, 1.82) is 0 Å². The van der Waals surface area contributed by atoms with Gasteiger partial charge in [-0.05, 0) is 31.3 Å². The Kier molecular flexibility index (Phi) is 5.07. The van der Waals surface area contributed by atoms with E-state index >= 15 is 0 Å². The second-order valence-corrected chi connectivity index (χ2v) is 9.46. The Balaban J connectivity index is 1.60. The number of aromatic nitrogens is 1. The van der Waals surface area contributed by atoms with Crippen molar-refractivity contribution in [2.75, 3.05) is 51.3 Å². The lowest BCUT2D eigenvalue weighted by Crippen LogP contribution is -2.44. The van der Waals surface area contributed by atoms with Crippen molar-refractivity contribution in [3.63, 3.8) is 0 Å². The zero-order chi connectivity index (χ0) is 21.4. The average molecular weight is 442 g/mol. The number of oxazole rings is 1. The molecule has 1 aromatic heterocycles. The quantitative estimate of drug-likeness (QED) is 0.611. The third kappa shape index (κ3) is 3.75. The van der Waals surface area contributed by atoms with Gasteiger partial charge in [-0.2, -0.15) is 4.98 Å². The zero-order valence-corrected chi connectivity index (χ0v) is 18.0. The molecule has 9 heteroatoms. The third-order valence-electron chi connectivity index (χ3n) is 5.47. The lowest BCUT2D eigenvalue weighted by atomic mass is 10.2. The number of anilines is 1. The molecule has 0 aliphatic carbocycles. The molecule has 3 heterocycles. The van der Waals surface area contributed by atoms with Crippen LogP contribution in [-0.4, -0.2) is 64.7 Å². The summed E-state index contributed by atoms with van der Waals surface area (Å²) in [6, 6.07) is 14.0. The molecule has 1 fully saturated rings. The molecule has 162 valence electrons. The highest BCUT2D eigenvalue weighted by Crippen LogP contribution is 2.38. The van der Waals surface area contributed by atoms with Crippen LogP contribution in [0.4, 0.5) is 5.88 Å². The molecule has 8 nitrogen and oxygen atoms in total. The summed E-state index contributed by atoms with van der Waals surface area (Å²) < 4.78 is 44.4. The van der Waals surface area contributed by atoms with E-state index in [0.29, 0.717) is 37.8 Å². The van der Waals surface area contributed by atoms with Gasteiger partial charge in [0.2, 0.25) is 26.6 Å². The Morgan fingerprint density at radius 3 is 2.35 bits per heavy atom. The number of hydrogen-bond donors (Lipinski definition) is 0. The van der Waals surface area contributed by atoms with E-state index in [-0.39, 0.29) is 21.7 Å². The minimum Gasteiger partial charge on any atom is -0.486 e. The first-order valence-corrected chi connectivity index (χ1v) is 11.7. The van der Waals surface area contributed by atoms with Crippen LogP contribution in [0, 0.1) is 0 Å². The number of ether oxygens (including phenoxy) is 2. The molecule has 31 heavy (non-hydrogen) atoms. The predicted molar refractivity (Wildman–Crippen MR) is 115 cm³/mol. The summed E-state index contributed by atoms with van der Waals surface area (Å²) in [6.45, 7) is 3.75. The second kappa shape index (κ2) is 7.90. The van der Waals surface area contributed by atoms with Gasteiger partial charge in [-0.25, -0.2) is 8.42 Å². The van der Waals surface area contributed by atoms with Gasteiger partial charge in [-0.15, -0.1) is 0 Å². The van der Waals surface area contributed by atoms with Crippen molar-refractivity contribution in [3.8, 4) is 23.0 Å². The minimum absolute atomic E-state index is 0.0763. The van der Waals surface area contributed by atoms with Crippen molar-refractivity contribution in [2.24, 2.45) is 0 Å². The Bertz CT molecular complexity index is 1190. The summed E-state index contributed by atoms with van der Waals surface area (Å²) >= 11 is 0. The number of benzene rings is 2. The lowest BCUT2D eigenvalue weighted by molar-refractivity contribution is 0.171.